The molecule has 0 aromatic heterocycles. The number of aliphatic imine (C=N–C) groups is 1. The molecule has 0 bridgehead atoms. The summed E-state index contributed by atoms with van der Waals surface area (Å²) in [5, 5.41) is 3.00. The first kappa shape index (κ1) is 16.6. The van der Waals surface area contributed by atoms with E-state index in [2.05, 4.69) is 15.2 Å². The van der Waals surface area contributed by atoms with Crippen LogP contribution in [-0.2, 0) is 9.84 Å². The normalized spacial score (nSPS) is 18.9. The van der Waals surface area contributed by atoms with Crippen molar-refractivity contribution in [3.05, 3.63) is 24.3 Å². The molecule has 0 radical (unpaired) electrons. The smallest absolute Gasteiger partial charge is 0.193 e. The Kier molecular flexibility index (Phi) is 5.62. The molecule has 122 valence electrons. The van der Waals surface area contributed by atoms with Gasteiger partial charge in [-0.05, 0) is 12.1 Å². The van der Waals surface area contributed by atoms with E-state index in [0.717, 1.165) is 5.69 Å². The summed E-state index contributed by atoms with van der Waals surface area (Å²) < 4.78 is 27.9. The largest absolute Gasteiger partial charge is 0.495 e. The average Bonchev–Trinajstić information content (AvgIpc) is 2.49. The highest BCUT2D eigenvalue weighted by molar-refractivity contribution is 7.91. The molecule has 1 aliphatic heterocycles. The minimum atomic E-state index is -2.83. The molecular weight excluding hydrogens is 304 g/mol. The first-order valence-electron chi connectivity index (χ1n) is 7.13. The third-order valence-corrected chi connectivity index (χ3v) is 5.11. The van der Waals surface area contributed by atoms with Crippen LogP contribution in [0, 0.1) is 0 Å². The number of rotatable bonds is 5. The molecular formula is C14H22N4O3S. The average molecular weight is 326 g/mol. The minimum Gasteiger partial charge on any atom is -0.495 e. The molecule has 2 rings (SSSR count). The second-order valence-electron chi connectivity index (χ2n) is 5.09. The molecule has 0 amide bonds. The standard InChI is InChI=1S/C14H22N4O3S/c1-21-13-5-3-2-4-12(13)17-14(15)16-6-7-18-8-10-22(19,20)11-9-18/h2-5H,6-11H2,1H3,(H3,15,16,17). The van der Waals surface area contributed by atoms with Gasteiger partial charge in [0.05, 0.1) is 30.8 Å². The number of hydrogen-bond donors (Lipinski definition) is 2. The molecule has 1 aromatic rings. The van der Waals surface area contributed by atoms with E-state index >= 15 is 0 Å². The van der Waals surface area contributed by atoms with Crippen LogP contribution in [0.1, 0.15) is 0 Å². The first-order chi connectivity index (χ1) is 10.5. The molecule has 1 heterocycles. The van der Waals surface area contributed by atoms with Crippen molar-refractivity contribution >= 4 is 21.5 Å². The second-order valence-corrected chi connectivity index (χ2v) is 7.39. The number of anilines is 1. The summed E-state index contributed by atoms with van der Waals surface area (Å²) in [7, 11) is -1.24. The zero-order valence-electron chi connectivity index (χ0n) is 12.7. The number of para-hydroxylation sites is 2. The summed E-state index contributed by atoms with van der Waals surface area (Å²) in [6.45, 7) is 2.35. The molecule has 1 saturated heterocycles. The number of hydrogen-bond acceptors (Lipinski definition) is 5. The predicted octanol–water partition coefficient (Wildman–Crippen LogP) is 0.152. The lowest BCUT2D eigenvalue weighted by atomic mass is 10.3. The third kappa shape index (κ3) is 4.88. The van der Waals surface area contributed by atoms with E-state index in [0.29, 0.717) is 37.9 Å². The van der Waals surface area contributed by atoms with Crippen LogP contribution < -0.4 is 15.8 Å². The molecule has 8 heteroatoms. The van der Waals surface area contributed by atoms with Crippen LogP contribution in [0.5, 0.6) is 5.75 Å². The molecule has 3 N–H and O–H groups in total. The van der Waals surface area contributed by atoms with Gasteiger partial charge in [0, 0.05) is 19.6 Å². The summed E-state index contributed by atoms with van der Waals surface area (Å²) in [5.74, 6) is 1.47. The van der Waals surface area contributed by atoms with E-state index in [-0.39, 0.29) is 11.5 Å². The maximum absolute atomic E-state index is 11.3. The quantitative estimate of drug-likeness (QED) is 0.591. The number of guanidine groups is 1. The van der Waals surface area contributed by atoms with Crippen LogP contribution in [0.4, 0.5) is 5.69 Å². The fraction of sp³-hybridized carbons (Fsp3) is 0.500. The molecule has 0 saturated carbocycles. The van der Waals surface area contributed by atoms with E-state index < -0.39 is 9.84 Å². The molecule has 0 spiro atoms. The van der Waals surface area contributed by atoms with Crippen LogP contribution in [0.2, 0.25) is 0 Å². The number of nitrogens with one attached hydrogen (secondary N) is 1. The van der Waals surface area contributed by atoms with Crippen molar-refractivity contribution in [3.8, 4) is 5.75 Å². The van der Waals surface area contributed by atoms with Gasteiger partial charge in [0.25, 0.3) is 0 Å². The van der Waals surface area contributed by atoms with Gasteiger partial charge in [0.2, 0.25) is 0 Å². The van der Waals surface area contributed by atoms with Crippen molar-refractivity contribution in [2.24, 2.45) is 10.7 Å². The lowest BCUT2D eigenvalue weighted by Gasteiger charge is -2.25. The molecule has 0 atom stereocenters. The van der Waals surface area contributed by atoms with Gasteiger partial charge in [-0.25, -0.2) is 8.42 Å². The third-order valence-electron chi connectivity index (χ3n) is 3.51. The molecule has 22 heavy (non-hydrogen) atoms. The summed E-state index contributed by atoms with van der Waals surface area (Å²) in [6.07, 6.45) is 0. The topological polar surface area (TPSA) is 97.0 Å². The monoisotopic (exact) mass is 326 g/mol. The van der Waals surface area contributed by atoms with Gasteiger partial charge in [-0.3, -0.25) is 9.89 Å². The van der Waals surface area contributed by atoms with E-state index in [9.17, 15) is 8.42 Å². The zero-order valence-corrected chi connectivity index (χ0v) is 13.5. The summed E-state index contributed by atoms with van der Waals surface area (Å²) in [4.78, 5) is 6.35. The van der Waals surface area contributed by atoms with Crippen molar-refractivity contribution in [3.63, 3.8) is 0 Å². The van der Waals surface area contributed by atoms with Crippen molar-refractivity contribution < 1.29 is 13.2 Å². The fourth-order valence-electron chi connectivity index (χ4n) is 2.21. The number of ether oxygens (including phenoxy) is 1. The Labute approximate surface area is 131 Å². The highest BCUT2D eigenvalue weighted by Crippen LogP contribution is 2.22. The van der Waals surface area contributed by atoms with Gasteiger partial charge in [-0.2, -0.15) is 0 Å². The zero-order chi connectivity index (χ0) is 16.0. The second kappa shape index (κ2) is 7.46. The maximum atomic E-state index is 11.3. The van der Waals surface area contributed by atoms with Crippen LogP contribution in [0.25, 0.3) is 0 Å². The Hall–Kier alpha value is -1.80. The van der Waals surface area contributed by atoms with Crippen LogP contribution in [0.15, 0.2) is 29.3 Å². The number of benzene rings is 1. The van der Waals surface area contributed by atoms with Gasteiger partial charge < -0.3 is 15.8 Å². The highest BCUT2D eigenvalue weighted by atomic mass is 32.2. The summed E-state index contributed by atoms with van der Waals surface area (Å²) >= 11 is 0. The number of sulfone groups is 1. The van der Waals surface area contributed by atoms with Gasteiger partial charge in [0.1, 0.15) is 5.75 Å². The molecule has 1 fully saturated rings. The molecule has 7 nitrogen and oxygen atoms in total. The first-order valence-corrected chi connectivity index (χ1v) is 8.95. The fourth-order valence-corrected chi connectivity index (χ4v) is 3.49. The van der Waals surface area contributed by atoms with Crippen LogP contribution in [-0.4, -0.2) is 64.1 Å². The van der Waals surface area contributed by atoms with E-state index in [1.807, 2.05) is 24.3 Å². The lowest BCUT2D eigenvalue weighted by Crippen LogP contribution is -2.41. The van der Waals surface area contributed by atoms with Gasteiger partial charge in [-0.15, -0.1) is 0 Å². The molecule has 0 aliphatic carbocycles. The maximum Gasteiger partial charge on any atom is 0.193 e. The van der Waals surface area contributed by atoms with Gasteiger partial charge in [-0.1, -0.05) is 12.1 Å². The van der Waals surface area contributed by atoms with Gasteiger partial charge in [0.15, 0.2) is 15.8 Å². The van der Waals surface area contributed by atoms with E-state index in [1.54, 1.807) is 7.11 Å². The highest BCUT2D eigenvalue weighted by Gasteiger charge is 2.20. The Morgan fingerprint density at radius 2 is 2.05 bits per heavy atom. The van der Waals surface area contributed by atoms with Gasteiger partial charge >= 0.3 is 0 Å². The molecule has 1 aromatic carbocycles. The molecule has 1 aliphatic rings. The Bertz CT molecular complexity index is 617. The van der Waals surface area contributed by atoms with E-state index in [4.69, 9.17) is 10.5 Å². The van der Waals surface area contributed by atoms with Crippen molar-refractivity contribution in [2.75, 3.05) is 50.1 Å². The van der Waals surface area contributed by atoms with E-state index in [1.165, 1.54) is 0 Å². The van der Waals surface area contributed by atoms with Crippen molar-refractivity contribution in [2.45, 2.75) is 0 Å². The Morgan fingerprint density at radius 1 is 1.36 bits per heavy atom. The van der Waals surface area contributed by atoms with Crippen molar-refractivity contribution in [1.82, 2.24) is 4.90 Å². The lowest BCUT2D eigenvalue weighted by molar-refractivity contribution is 0.304. The number of methoxy groups -OCH3 is 1. The SMILES string of the molecule is COc1ccccc1NC(N)=NCCN1CCS(=O)(=O)CC1. The minimum absolute atomic E-state index is 0.228. The summed E-state index contributed by atoms with van der Waals surface area (Å²) in [5.41, 5.74) is 6.62. The van der Waals surface area contributed by atoms with Crippen LogP contribution >= 0.6 is 0 Å². The molecule has 0 unspecified atom stereocenters. The number of nitrogens with zero attached hydrogens (tertiary/aromatic N) is 2. The number of nitrogens with two attached hydrogens (primary N) is 1. The van der Waals surface area contributed by atoms with Crippen LogP contribution in [0.3, 0.4) is 0 Å². The Balaban J connectivity index is 1.81. The van der Waals surface area contributed by atoms with Crippen molar-refractivity contribution in [1.29, 1.82) is 0 Å². The predicted molar refractivity (Wildman–Crippen MR) is 88.2 cm³/mol. The summed E-state index contributed by atoms with van der Waals surface area (Å²) in [6, 6.07) is 7.45. The Morgan fingerprint density at radius 3 is 2.73 bits per heavy atom.